The number of nitriles is 1. The van der Waals surface area contributed by atoms with Crippen molar-refractivity contribution >= 4 is 17.6 Å². The zero-order valence-electron chi connectivity index (χ0n) is 12.5. The Labute approximate surface area is 129 Å². The number of hydrogen-bond donors (Lipinski definition) is 1. The van der Waals surface area contributed by atoms with Gasteiger partial charge in [0.1, 0.15) is 0 Å². The lowest BCUT2D eigenvalue weighted by Gasteiger charge is -2.18. The zero-order chi connectivity index (χ0) is 16.4. The summed E-state index contributed by atoms with van der Waals surface area (Å²) < 4.78 is 9.75. The maximum Gasteiger partial charge on any atom is 0.340 e. The molecular formula is C16H18N2O4. The summed E-state index contributed by atoms with van der Waals surface area (Å²) in [6.07, 6.45) is 1.22. The fraction of sp³-hybridized carbons (Fsp3) is 0.312. The van der Waals surface area contributed by atoms with Gasteiger partial charge in [0.2, 0.25) is 6.04 Å². The van der Waals surface area contributed by atoms with Crippen LogP contribution in [-0.2, 0) is 19.1 Å². The largest absolute Gasteiger partial charge is 0.464 e. The van der Waals surface area contributed by atoms with Crippen LogP contribution in [0.2, 0.25) is 0 Å². The van der Waals surface area contributed by atoms with Crippen molar-refractivity contribution in [3.8, 4) is 6.07 Å². The number of rotatable bonds is 7. The molecule has 0 aromatic heterocycles. The van der Waals surface area contributed by atoms with E-state index in [4.69, 9.17) is 14.7 Å². The highest BCUT2D eigenvalue weighted by Gasteiger charge is 2.30. The number of allylic oxidation sites excluding steroid dienone is 1. The van der Waals surface area contributed by atoms with Gasteiger partial charge in [0, 0.05) is 6.08 Å². The molecule has 0 amide bonds. The lowest BCUT2D eigenvalue weighted by atomic mass is 10.1. The van der Waals surface area contributed by atoms with Crippen LogP contribution in [0.5, 0.6) is 0 Å². The van der Waals surface area contributed by atoms with Crippen LogP contribution in [0, 0.1) is 11.3 Å². The second-order valence-electron chi connectivity index (χ2n) is 4.13. The Morgan fingerprint density at radius 2 is 1.73 bits per heavy atom. The van der Waals surface area contributed by atoms with Crippen molar-refractivity contribution in [2.75, 3.05) is 13.2 Å². The van der Waals surface area contributed by atoms with Crippen molar-refractivity contribution in [1.29, 1.82) is 5.26 Å². The Morgan fingerprint density at radius 1 is 1.18 bits per heavy atom. The maximum absolute atomic E-state index is 11.9. The smallest absolute Gasteiger partial charge is 0.340 e. The molecule has 0 unspecified atom stereocenters. The zero-order valence-corrected chi connectivity index (χ0v) is 12.5. The molecule has 1 aromatic carbocycles. The van der Waals surface area contributed by atoms with Crippen LogP contribution in [0.25, 0.3) is 5.70 Å². The predicted molar refractivity (Wildman–Crippen MR) is 80.2 cm³/mol. The van der Waals surface area contributed by atoms with E-state index in [0.29, 0.717) is 11.3 Å². The van der Waals surface area contributed by atoms with E-state index in [1.54, 1.807) is 38.1 Å². The number of carbonyl (C=O) groups is 2. The van der Waals surface area contributed by atoms with Gasteiger partial charge in [0.25, 0.3) is 0 Å². The van der Waals surface area contributed by atoms with E-state index in [9.17, 15) is 9.59 Å². The Balaban J connectivity index is 3.04. The SMILES string of the molecule is CCOC(=O)C(N/C(=C/C#N)c1ccccc1)C(=O)OCC. The second kappa shape index (κ2) is 9.19. The summed E-state index contributed by atoms with van der Waals surface area (Å²) in [4.78, 5) is 23.9. The molecule has 0 aliphatic heterocycles. The van der Waals surface area contributed by atoms with Crippen molar-refractivity contribution in [2.45, 2.75) is 19.9 Å². The fourth-order valence-corrected chi connectivity index (χ4v) is 1.71. The molecule has 6 heteroatoms. The van der Waals surface area contributed by atoms with Crippen molar-refractivity contribution in [2.24, 2.45) is 0 Å². The Bertz CT molecular complexity index is 558. The molecule has 0 spiro atoms. The molecule has 0 heterocycles. The molecule has 0 aliphatic rings. The highest BCUT2D eigenvalue weighted by molar-refractivity contribution is 6.00. The lowest BCUT2D eigenvalue weighted by Crippen LogP contribution is -2.44. The highest BCUT2D eigenvalue weighted by atomic mass is 16.6. The lowest BCUT2D eigenvalue weighted by molar-refractivity contribution is -0.157. The monoisotopic (exact) mass is 302 g/mol. The first-order chi connectivity index (χ1) is 10.6. The van der Waals surface area contributed by atoms with Crippen LogP contribution < -0.4 is 5.32 Å². The van der Waals surface area contributed by atoms with Crippen LogP contribution in [-0.4, -0.2) is 31.2 Å². The van der Waals surface area contributed by atoms with Gasteiger partial charge < -0.3 is 14.8 Å². The maximum atomic E-state index is 11.9. The van der Waals surface area contributed by atoms with Gasteiger partial charge in [0.05, 0.1) is 25.0 Å². The van der Waals surface area contributed by atoms with Crippen molar-refractivity contribution in [3.63, 3.8) is 0 Å². The van der Waals surface area contributed by atoms with E-state index in [1.807, 2.05) is 12.1 Å². The predicted octanol–water partition coefficient (Wildman–Crippen LogP) is 1.64. The third kappa shape index (κ3) is 4.94. The van der Waals surface area contributed by atoms with Gasteiger partial charge in [-0.15, -0.1) is 0 Å². The molecular weight excluding hydrogens is 284 g/mol. The van der Waals surface area contributed by atoms with Gasteiger partial charge in [0.15, 0.2) is 0 Å². The molecule has 1 N–H and O–H groups in total. The standard InChI is InChI=1S/C16H18N2O4/c1-3-21-15(19)14(16(20)22-4-2)18-13(10-11-17)12-8-6-5-7-9-12/h5-10,14,18H,3-4H2,1-2H3/b13-10+. The molecule has 1 rings (SSSR count). The van der Waals surface area contributed by atoms with Gasteiger partial charge in [-0.1, -0.05) is 30.3 Å². The van der Waals surface area contributed by atoms with E-state index in [2.05, 4.69) is 5.32 Å². The van der Waals surface area contributed by atoms with Gasteiger partial charge in [-0.2, -0.15) is 5.26 Å². The summed E-state index contributed by atoms with van der Waals surface area (Å²) in [7, 11) is 0. The van der Waals surface area contributed by atoms with Crippen LogP contribution in [0.1, 0.15) is 19.4 Å². The van der Waals surface area contributed by atoms with Crippen LogP contribution >= 0.6 is 0 Å². The van der Waals surface area contributed by atoms with E-state index < -0.39 is 18.0 Å². The van der Waals surface area contributed by atoms with Crippen molar-refractivity contribution < 1.29 is 19.1 Å². The van der Waals surface area contributed by atoms with Crippen LogP contribution in [0.3, 0.4) is 0 Å². The number of nitrogens with zero attached hydrogens (tertiary/aromatic N) is 1. The third-order valence-corrected chi connectivity index (χ3v) is 2.64. The quantitative estimate of drug-likeness (QED) is 0.468. The molecule has 6 nitrogen and oxygen atoms in total. The summed E-state index contributed by atoms with van der Waals surface area (Å²) in [6.45, 7) is 3.56. The summed E-state index contributed by atoms with van der Waals surface area (Å²) in [5.41, 5.74) is 1.01. The molecule has 1 aromatic rings. The van der Waals surface area contributed by atoms with Crippen LogP contribution in [0.15, 0.2) is 36.4 Å². The number of hydrogen-bond acceptors (Lipinski definition) is 6. The molecule has 0 aliphatic carbocycles. The number of nitrogens with one attached hydrogen (secondary N) is 1. The minimum atomic E-state index is -1.32. The summed E-state index contributed by atoms with van der Waals surface area (Å²) in [5.74, 6) is -1.50. The Kier molecular flexibility index (Phi) is 7.20. The summed E-state index contributed by atoms with van der Waals surface area (Å²) >= 11 is 0. The molecule has 0 bridgehead atoms. The molecule has 116 valence electrons. The topological polar surface area (TPSA) is 88.4 Å². The van der Waals surface area contributed by atoms with E-state index in [-0.39, 0.29) is 13.2 Å². The summed E-state index contributed by atoms with van der Waals surface area (Å²) in [6, 6.07) is 9.46. The third-order valence-electron chi connectivity index (χ3n) is 2.64. The number of carbonyl (C=O) groups excluding carboxylic acids is 2. The number of ether oxygens (including phenoxy) is 2. The Hall–Kier alpha value is -2.81. The number of benzene rings is 1. The molecule has 0 saturated heterocycles. The number of esters is 2. The van der Waals surface area contributed by atoms with Crippen LogP contribution in [0.4, 0.5) is 0 Å². The van der Waals surface area contributed by atoms with E-state index >= 15 is 0 Å². The minimum Gasteiger partial charge on any atom is -0.464 e. The fourth-order valence-electron chi connectivity index (χ4n) is 1.71. The summed E-state index contributed by atoms with van der Waals surface area (Å²) in [5, 5.41) is 11.6. The average molecular weight is 302 g/mol. The van der Waals surface area contributed by atoms with Crippen molar-refractivity contribution in [3.05, 3.63) is 42.0 Å². The van der Waals surface area contributed by atoms with Crippen molar-refractivity contribution in [1.82, 2.24) is 5.32 Å². The van der Waals surface area contributed by atoms with Gasteiger partial charge in [-0.05, 0) is 19.4 Å². The van der Waals surface area contributed by atoms with E-state index in [1.165, 1.54) is 6.08 Å². The molecule has 0 radical (unpaired) electrons. The molecule has 0 fully saturated rings. The first kappa shape index (κ1) is 17.2. The minimum absolute atomic E-state index is 0.138. The molecule has 0 atom stereocenters. The first-order valence-corrected chi connectivity index (χ1v) is 6.89. The normalized spacial score (nSPS) is 10.7. The van der Waals surface area contributed by atoms with Gasteiger partial charge >= 0.3 is 11.9 Å². The van der Waals surface area contributed by atoms with E-state index in [0.717, 1.165) is 0 Å². The molecule has 0 saturated carbocycles. The Morgan fingerprint density at radius 3 is 2.18 bits per heavy atom. The average Bonchev–Trinajstić information content (AvgIpc) is 2.52. The molecule has 22 heavy (non-hydrogen) atoms. The second-order valence-corrected chi connectivity index (χ2v) is 4.13. The van der Waals surface area contributed by atoms with Gasteiger partial charge in [-0.25, -0.2) is 9.59 Å². The first-order valence-electron chi connectivity index (χ1n) is 6.89. The highest BCUT2D eigenvalue weighted by Crippen LogP contribution is 2.12. The van der Waals surface area contributed by atoms with Gasteiger partial charge in [-0.3, -0.25) is 0 Å².